The summed E-state index contributed by atoms with van der Waals surface area (Å²) in [6.45, 7) is 1.56. The van der Waals surface area contributed by atoms with Crippen LogP contribution in [0, 0.1) is 0 Å². The molecule has 1 unspecified atom stereocenters. The number of aromatic amines is 1. The fourth-order valence-electron chi connectivity index (χ4n) is 6.29. The van der Waals surface area contributed by atoms with Crippen LogP contribution in [0.4, 0.5) is 4.79 Å². The van der Waals surface area contributed by atoms with Crippen molar-refractivity contribution in [3.8, 4) is 5.88 Å². The number of aromatic hydroxyl groups is 1. The Morgan fingerprint density at radius 1 is 0.897 bits per heavy atom. The molecule has 0 radical (unpaired) electrons. The molecule has 3 aromatic heterocycles. The lowest BCUT2D eigenvalue weighted by molar-refractivity contribution is -0.0474. The molecule has 7 rings (SSSR count). The van der Waals surface area contributed by atoms with Crippen LogP contribution in [0.1, 0.15) is 0 Å². The third-order valence-electron chi connectivity index (χ3n) is 8.11. The number of H-pyrrole nitrogens is 1. The standard InChI is InChI=1S/C30H31N5O4/c1-32(2)12-13-33(3)29(37)39-17-30(38)15-34-21-10-6-4-8-18(21)23-20-14-31-28(36)25(20)24-19-9-5-7-11-22(19)35(16-30)27(24)26(23)34/h4-11,14,31,36,38H,12-13,15-17H2,1-3H3. The van der Waals surface area contributed by atoms with Crippen molar-refractivity contribution >= 4 is 60.5 Å². The summed E-state index contributed by atoms with van der Waals surface area (Å²) in [7, 11) is 5.62. The molecule has 200 valence electrons. The molecule has 0 spiro atoms. The lowest BCUT2D eigenvalue weighted by Crippen LogP contribution is -2.44. The first-order valence-corrected chi connectivity index (χ1v) is 13.2. The monoisotopic (exact) mass is 525 g/mol. The summed E-state index contributed by atoms with van der Waals surface area (Å²) in [4.78, 5) is 19.4. The number of likely N-dealkylation sites (N-methyl/N-ethyl adjacent to an activating group) is 2. The molecule has 39 heavy (non-hydrogen) atoms. The molecule has 1 aliphatic rings. The number of carbonyl (C=O) groups excluding carboxylic acids is 1. The topological polar surface area (TPSA) is 98.9 Å². The van der Waals surface area contributed by atoms with Crippen molar-refractivity contribution in [1.82, 2.24) is 23.9 Å². The van der Waals surface area contributed by atoms with Gasteiger partial charge in [0, 0.05) is 64.3 Å². The number of aliphatic hydroxyl groups is 1. The van der Waals surface area contributed by atoms with Crippen LogP contribution in [0.2, 0.25) is 0 Å². The number of nitrogens with one attached hydrogen (secondary N) is 1. The van der Waals surface area contributed by atoms with E-state index in [1.54, 1.807) is 7.05 Å². The van der Waals surface area contributed by atoms with E-state index in [9.17, 15) is 15.0 Å². The molecule has 1 aliphatic heterocycles. The van der Waals surface area contributed by atoms with Crippen molar-refractivity contribution in [2.45, 2.75) is 18.7 Å². The molecule has 0 saturated carbocycles. The minimum atomic E-state index is -1.38. The fourth-order valence-corrected chi connectivity index (χ4v) is 6.29. The zero-order chi connectivity index (χ0) is 27.1. The van der Waals surface area contributed by atoms with Crippen LogP contribution >= 0.6 is 0 Å². The van der Waals surface area contributed by atoms with E-state index in [2.05, 4.69) is 32.3 Å². The molecule has 4 heterocycles. The number of amides is 1. The molecule has 6 aromatic rings. The highest BCUT2D eigenvalue weighted by Gasteiger charge is 2.37. The molecule has 0 fully saturated rings. The van der Waals surface area contributed by atoms with Crippen molar-refractivity contribution in [2.75, 3.05) is 40.8 Å². The summed E-state index contributed by atoms with van der Waals surface area (Å²) in [5, 5.41) is 28.9. The quantitative estimate of drug-likeness (QED) is 0.309. The normalized spacial score (nSPS) is 17.4. The molecule has 3 aromatic carbocycles. The molecule has 9 heteroatoms. The average Bonchev–Trinajstić information content (AvgIpc) is 3.53. The van der Waals surface area contributed by atoms with E-state index < -0.39 is 11.7 Å². The Bertz CT molecular complexity index is 1930. The lowest BCUT2D eigenvalue weighted by Gasteiger charge is -2.29. The maximum Gasteiger partial charge on any atom is 0.409 e. The minimum Gasteiger partial charge on any atom is -0.494 e. The van der Waals surface area contributed by atoms with Gasteiger partial charge in [-0.1, -0.05) is 36.4 Å². The number of rotatable bonds is 5. The molecule has 3 N–H and O–H groups in total. The maximum atomic E-state index is 12.8. The van der Waals surface area contributed by atoms with Gasteiger partial charge in [-0.05, 0) is 26.2 Å². The number of aromatic nitrogens is 3. The minimum absolute atomic E-state index is 0.126. The molecule has 1 amide bonds. The molecular weight excluding hydrogens is 494 g/mol. The molecule has 0 aliphatic carbocycles. The number of nitrogens with zero attached hydrogens (tertiary/aromatic N) is 4. The lowest BCUT2D eigenvalue weighted by atomic mass is 10.0. The van der Waals surface area contributed by atoms with E-state index in [1.807, 2.05) is 55.5 Å². The molecule has 9 nitrogen and oxygen atoms in total. The fraction of sp³-hybridized carbons (Fsp3) is 0.300. The summed E-state index contributed by atoms with van der Waals surface area (Å²) in [6.07, 6.45) is 1.40. The summed E-state index contributed by atoms with van der Waals surface area (Å²) in [6, 6.07) is 16.2. The van der Waals surface area contributed by atoms with Crippen molar-refractivity contribution in [1.29, 1.82) is 0 Å². The second-order valence-corrected chi connectivity index (χ2v) is 11.1. The van der Waals surface area contributed by atoms with Gasteiger partial charge in [0.1, 0.15) is 12.2 Å². The first-order chi connectivity index (χ1) is 18.8. The van der Waals surface area contributed by atoms with E-state index in [0.29, 0.717) is 13.1 Å². The van der Waals surface area contributed by atoms with E-state index in [1.165, 1.54) is 4.90 Å². The average molecular weight is 526 g/mol. The Kier molecular flexibility index (Phi) is 5.14. The Balaban J connectivity index is 1.46. The van der Waals surface area contributed by atoms with Crippen molar-refractivity contribution in [3.63, 3.8) is 0 Å². The Morgan fingerprint density at radius 3 is 2.13 bits per heavy atom. The van der Waals surface area contributed by atoms with E-state index in [-0.39, 0.29) is 25.6 Å². The summed E-state index contributed by atoms with van der Waals surface area (Å²) < 4.78 is 10.0. The van der Waals surface area contributed by atoms with E-state index >= 15 is 0 Å². The largest absolute Gasteiger partial charge is 0.494 e. The van der Waals surface area contributed by atoms with Gasteiger partial charge in [0.05, 0.1) is 29.5 Å². The molecule has 1 atom stereocenters. The van der Waals surface area contributed by atoms with Crippen LogP contribution < -0.4 is 0 Å². The Labute approximate surface area is 224 Å². The van der Waals surface area contributed by atoms with Gasteiger partial charge in [0.15, 0.2) is 5.88 Å². The highest BCUT2D eigenvalue weighted by Crippen LogP contribution is 2.48. The molecular formula is C30H31N5O4. The number of hydrogen-bond donors (Lipinski definition) is 3. The predicted octanol–water partition coefficient (Wildman–Crippen LogP) is 4.46. The zero-order valence-electron chi connectivity index (χ0n) is 22.2. The molecule has 0 saturated heterocycles. The maximum absolute atomic E-state index is 12.8. The smallest absolute Gasteiger partial charge is 0.409 e. The van der Waals surface area contributed by atoms with Gasteiger partial charge in [-0.15, -0.1) is 0 Å². The first kappa shape index (κ1) is 23.9. The summed E-state index contributed by atoms with van der Waals surface area (Å²) in [5.41, 5.74) is 2.51. The van der Waals surface area contributed by atoms with Crippen LogP contribution in [0.15, 0.2) is 54.7 Å². The van der Waals surface area contributed by atoms with Crippen LogP contribution in [0.5, 0.6) is 5.88 Å². The predicted molar refractivity (Wildman–Crippen MR) is 153 cm³/mol. The number of carbonyl (C=O) groups is 1. The number of ether oxygens (including phenoxy) is 1. The van der Waals surface area contributed by atoms with Gasteiger partial charge < -0.3 is 38.9 Å². The number of hydrogen-bond acceptors (Lipinski definition) is 5. The zero-order valence-corrected chi connectivity index (χ0v) is 22.2. The van der Waals surface area contributed by atoms with Gasteiger partial charge in [-0.3, -0.25) is 0 Å². The van der Waals surface area contributed by atoms with E-state index in [0.717, 1.165) is 54.4 Å². The van der Waals surface area contributed by atoms with Crippen LogP contribution in [-0.2, 0) is 17.8 Å². The highest BCUT2D eigenvalue weighted by molar-refractivity contribution is 6.36. The number of benzene rings is 3. The Hall–Kier alpha value is -4.21. The molecule has 0 bridgehead atoms. The van der Waals surface area contributed by atoms with Crippen LogP contribution in [0.3, 0.4) is 0 Å². The second kappa shape index (κ2) is 8.39. The summed E-state index contributed by atoms with van der Waals surface area (Å²) in [5.74, 6) is 0.126. The van der Waals surface area contributed by atoms with Gasteiger partial charge in [-0.25, -0.2) is 4.79 Å². The van der Waals surface area contributed by atoms with E-state index in [4.69, 9.17) is 4.74 Å². The van der Waals surface area contributed by atoms with Crippen LogP contribution in [0.25, 0.3) is 54.4 Å². The third-order valence-corrected chi connectivity index (χ3v) is 8.11. The van der Waals surface area contributed by atoms with Gasteiger partial charge in [-0.2, -0.15) is 0 Å². The van der Waals surface area contributed by atoms with Crippen molar-refractivity contribution in [3.05, 3.63) is 54.7 Å². The third kappa shape index (κ3) is 3.43. The van der Waals surface area contributed by atoms with Gasteiger partial charge >= 0.3 is 6.09 Å². The van der Waals surface area contributed by atoms with Gasteiger partial charge in [0.2, 0.25) is 0 Å². The first-order valence-electron chi connectivity index (χ1n) is 13.2. The van der Waals surface area contributed by atoms with Gasteiger partial charge in [0.25, 0.3) is 0 Å². The van der Waals surface area contributed by atoms with Crippen LogP contribution in [-0.4, -0.2) is 86.7 Å². The van der Waals surface area contributed by atoms with Crippen molar-refractivity contribution in [2.24, 2.45) is 0 Å². The van der Waals surface area contributed by atoms with Crippen molar-refractivity contribution < 1.29 is 19.7 Å². The highest BCUT2D eigenvalue weighted by atomic mass is 16.6. The summed E-state index contributed by atoms with van der Waals surface area (Å²) >= 11 is 0. The number of para-hydroxylation sites is 2. The number of fused-ring (bicyclic) bond motifs is 9. The Morgan fingerprint density at radius 2 is 1.49 bits per heavy atom. The second-order valence-electron chi connectivity index (χ2n) is 11.1. The SMILES string of the molecule is CN(C)CCN(C)C(=O)OCC1(O)Cn2c3ccccc3c3c4c[nH]c(O)c4c4c5ccccc5n(c4c32)C1.